The predicted molar refractivity (Wildman–Crippen MR) is 80.9 cm³/mol. The van der Waals surface area contributed by atoms with Crippen LogP contribution in [0.3, 0.4) is 0 Å². The number of rotatable bonds is 3. The molecule has 2 aliphatic heterocycles. The maximum Gasteiger partial charge on any atom is 0.323 e. The Labute approximate surface area is 130 Å². The number of piperazine rings is 1. The summed E-state index contributed by atoms with van der Waals surface area (Å²) in [5.41, 5.74) is 1.03. The molecule has 1 atom stereocenters. The molecule has 2 fully saturated rings. The van der Waals surface area contributed by atoms with Crippen molar-refractivity contribution in [2.24, 2.45) is 0 Å². The van der Waals surface area contributed by atoms with Crippen molar-refractivity contribution in [1.29, 1.82) is 0 Å². The molecule has 0 bridgehead atoms. The van der Waals surface area contributed by atoms with Gasteiger partial charge in [-0.3, -0.25) is 9.69 Å². The molecular formula is C15H20N2O4S. The lowest BCUT2D eigenvalue weighted by molar-refractivity contribution is -0.142. The SMILES string of the molecule is Cc1ccc(S(=O)(=O)N2CCN(C3CCOC3=O)CC2)cc1. The predicted octanol–water partition coefficient (Wildman–Crippen LogP) is 0.617. The minimum absolute atomic E-state index is 0.185. The van der Waals surface area contributed by atoms with Gasteiger partial charge in [0.2, 0.25) is 10.0 Å². The Morgan fingerprint density at radius 2 is 1.73 bits per heavy atom. The third-order valence-electron chi connectivity index (χ3n) is 4.28. The van der Waals surface area contributed by atoms with E-state index < -0.39 is 10.0 Å². The summed E-state index contributed by atoms with van der Waals surface area (Å²) in [4.78, 5) is 14.0. The van der Waals surface area contributed by atoms with Crippen molar-refractivity contribution in [1.82, 2.24) is 9.21 Å². The molecule has 0 radical (unpaired) electrons. The Morgan fingerprint density at radius 3 is 2.27 bits per heavy atom. The van der Waals surface area contributed by atoms with E-state index in [-0.39, 0.29) is 12.0 Å². The molecule has 0 saturated carbocycles. The van der Waals surface area contributed by atoms with Crippen LogP contribution in [0, 0.1) is 6.92 Å². The van der Waals surface area contributed by atoms with Gasteiger partial charge in [0.15, 0.2) is 0 Å². The van der Waals surface area contributed by atoms with Crippen LogP contribution in [0.5, 0.6) is 0 Å². The average molecular weight is 324 g/mol. The number of esters is 1. The molecule has 0 N–H and O–H groups in total. The summed E-state index contributed by atoms with van der Waals surface area (Å²) in [6.45, 7) is 4.32. The standard InChI is InChI=1S/C15H20N2O4S/c1-12-2-4-13(5-3-12)22(19,20)17-9-7-16(8-10-17)14-6-11-21-15(14)18/h2-5,14H,6-11H2,1H3. The van der Waals surface area contributed by atoms with E-state index in [2.05, 4.69) is 0 Å². The van der Waals surface area contributed by atoms with E-state index in [0.717, 1.165) is 5.56 Å². The van der Waals surface area contributed by atoms with Gasteiger partial charge in [0, 0.05) is 32.6 Å². The minimum Gasteiger partial charge on any atom is -0.464 e. The van der Waals surface area contributed by atoms with Gasteiger partial charge in [-0.25, -0.2) is 8.42 Å². The highest BCUT2D eigenvalue weighted by Crippen LogP contribution is 2.21. The van der Waals surface area contributed by atoms with Crippen molar-refractivity contribution in [3.05, 3.63) is 29.8 Å². The molecule has 1 aromatic rings. The zero-order valence-electron chi connectivity index (χ0n) is 12.6. The molecule has 6 nitrogen and oxygen atoms in total. The molecule has 2 aliphatic rings. The molecule has 3 rings (SSSR count). The lowest BCUT2D eigenvalue weighted by Gasteiger charge is -2.35. The first-order chi connectivity index (χ1) is 10.5. The topological polar surface area (TPSA) is 66.9 Å². The highest BCUT2D eigenvalue weighted by atomic mass is 32.2. The van der Waals surface area contributed by atoms with Gasteiger partial charge in [-0.05, 0) is 19.1 Å². The Morgan fingerprint density at radius 1 is 1.09 bits per heavy atom. The normalized spacial score (nSPS) is 24.4. The largest absolute Gasteiger partial charge is 0.464 e. The molecule has 22 heavy (non-hydrogen) atoms. The number of carbonyl (C=O) groups excluding carboxylic acids is 1. The molecule has 2 saturated heterocycles. The number of benzene rings is 1. The molecular weight excluding hydrogens is 304 g/mol. The molecule has 0 amide bonds. The van der Waals surface area contributed by atoms with Crippen LogP contribution in [0.4, 0.5) is 0 Å². The lowest BCUT2D eigenvalue weighted by Crippen LogP contribution is -2.52. The fourth-order valence-electron chi connectivity index (χ4n) is 2.93. The van der Waals surface area contributed by atoms with E-state index in [9.17, 15) is 13.2 Å². The molecule has 0 aromatic heterocycles. The second kappa shape index (κ2) is 5.98. The van der Waals surface area contributed by atoms with Gasteiger partial charge in [-0.1, -0.05) is 17.7 Å². The molecule has 120 valence electrons. The summed E-state index contributed by atoms with van der Waals surface area (Å²) in [7, 11) is -3.45. The average Bonchev–Trinajstić information content (AvgIpc) is 2.94. The monoisotopic (exact) mass is 324 g/mol. The number of hydrogen-bond donors (Lipinski definition) is 0. The van der Waals surface area contributed by atoms with E-state index in [1.165, 1.54) is 4.31 Å². The van der Waals surface area contributed by atoms with Crippen molar-refractivity contribution in [3.63, 3.8) is 0 Å². The van der Waals surface area contributed by atoms with Gasteiger partial charge in [0.05, 0.1) is 11.5 Å². The van der Waals surface area contributed by atoms with Gasteiger partial charge >= 0.3 is 5.97 Å². The van der Waals surface area contributed by atoms with E-state index in [1.54, 1.807) is 24.3 Å². The molecule has 0 aliphatic carbocycles. The zero-order valence-corrected chi connectivity index (χ0v) is 13.4. The van der Waals surface area contributed by atoms with Crippen LogP contribution in [0.1, 0.15) is 12.0 Å². The fraction of sp³-hybridized carbons (Fsp3) is 0.533. The minimum atomic E-state index is -3.45. The van der Waals surface area contributed by atoms with Crippen LogP contribution in [0.15, 0.2) is 29.2 Å². The van der Waals surface area contributed by atoms with Gasteiger partial charge in [-0.15, -0.1) is 0 Å². The molecule has 1 aromatic carbocycles. The van der Waals surface area contributed by atoms with E-state index in [4.69, 9.17) is 4.74 Å². The number of hydrogen-bond acceptors (Lipinski definition) is 5. The molecule has 2 heterocycles. The number of ether oxygens (including phenoxy) is 1. The van der Waals surface area contributed by atoms with Crippen LogP contribution >= 0.6 is 0 Å². The van der Waals surface area contributed by atoms with E-state index in [1.807, 2.05) is 11.8 Å². The lowest BCUT2D eigenvalue weighted by atomic mass is 10.2. The maximum atomic E-state index is 12.6. The third-order valence-corrected chi connectivity index (χ3v) is 6.19. The molecule has 1 unspecified atom stereocenters. The highest BCUT2D eigenvalue weighted by molar-refractivity contribution is 7.89. The van der Waals surface area contributed by atoms with Crippen molar-refractivity contribution >= 4 is 16.0 Å². The van der Waals surface area contributed by atoms with Gasteiger partial charge in [0.25, 0.3) is 0 Å². The van der Waals surface area contributed by atoms with Crippen LogP contribution in [-0.4, -0.2) is 62.4 Å². The second-order valence-corrected chi connectivity index (χ2v) is 7.66. The Bertz CT molecular complexity index is 649. The van der Waals surface area contributed by atoms with Crippen molar-refractivity contribution in [2.45, 2.75) is 24.3 Å². The van der Waals surface area contributed by atoms with Crippen molar-refractivity contribution < 1.29 is 17.9 Å². The van der Waals surface area contributed by atoms with Gasteiger partial charge in [0.1, 0.15) is 6.04 Å². The first-order valence-corrected chi connectivity index (χ1v) is 8.90. The Kier molecular flexibility index (Phi) is 4.20. The zero-order chi connectivity index (χ0) is 15.7. The van der Waals surface area contributed by atoms with Crippen LogP contribution in [0.25, 0.3) is 0 Å². The van der Waals surface area contributed by atoms with Crippen LogP contribution in [-0.2, 0) is 19.6 Å². The maximum absolute atomic E-state index is 12.6. The second-order valence-electron chi connectivity index (χ2n) is 5.73. The van der Waals surface area contributed by atoms with Gasteiger partial charge < -0.3 is 4.74 Å². The summed E-state index contributed by atoms with van der Waals surface area (Å²) in [6, 6.07) is 6.69. The summed E-state index contributed by atoms with van der Waals surface area (Å²) in [5, 5.41) is 0. The van der Waals surface area contributed by atoms with E-state index in [0.29, 0.717) is 44.1 Å². The van der Waals surface area contributed by atoms with E-state index >= 15 is 0 Å². The number of sulfonamides is 1. The Hall–Kier alpha value is -1.44. The molecule has 0 spiro atoms. The highest BCUT2D eigenvalue weighted by Gasteiger charge is 2.36. The van der Waals surface area contributed by atoms with Crippen molar-refractivity contribution in [3.8, 4) is 0 Å². The number of cyclic esters (lactones) is 1. The van der Waals surface area contributed by atoms with Crippen LogP contribution < -0.4 is 0 Å². The summed E-state index contributed by atoms with van der Waals surface area (Å²) >= 11 is 0. The third kappa shape index (κ3) is 2.88. The Balaban J connectivity index is 1.68. The van der Waals surface area contributed by atoms with Gasteiger partial charge in [-0.2, -0.15) is 4.31 Å². The number of carbonyl (C=O) groups is 1. The summed E-state index contributed by atoms with van der Waals surface area (Å²) in [5.74, 6) is -0.185. The molecule has 7 heteroatoms. The summed E-state index contributed by atoms with van der Waals surface area (Å²) in [6.07, 6.45) is 0.698. The summed E-state index contributed by atoms with van der Waals surface area (Å²) < 4.78 is 31.7. The number of nitrogens with zero attached hydrogens (tertiary/aromatic N) is 2. The van der Waals surface area contributed by atoms with Crippen molar-refractivity contribution in [2.75, 3.05) is 32.8 Å². The smallest absolute Gasteiger partial charge is 0.323 e. The first-order valence-electron chi connectivity index (χ1n) is 7.46. The quantitative estimate of drug-likeness (QED) is 0.763. The number of aryl methyl sites for hydroxylation is 1. The fourth-order valence-corrected chi connectivity index (χ4v) is 4.35. The first kappa shape index (κ1) is 15.5. The van der Waals surface area contributed by atoms with Crippen LogP contribution in [0.2, 0.25) is 0 Å².